The molecule has 3 heterocycles. The predicted octanol–water partition coefficient (Wildman–Crippen LogP) is 2.94. The maximum Gasteiger partial charge on any atom is 0.509 e. The molecule has 3 rings (SSSR count). The molecule has 15 nitrogen and oxygen atoms in total. The Labute approximate surface area is 303 Å². The number of ether oxygens (including phenoxy) is 8. The van der Waals surface area contributed by atoms with Crippen LogP contribution in [0.1, 0.15) is 88.0 Å². The van der Waals surface area contributed by atoms with Crippen LogP contribution in [0.3, 0.4) is 0 Å². The van der Waals surface area contributed by atoms with E-state index in [0.29, 0.717) is 25.8 Å². The molecule has 294 valence electrons. The number of likely N-dealkylation sites (N-methyl/N-ethyl adjacent to an activating group) is 1. The fourth-order valence-electron chi connectivity index (χ4n) is 7.93. The zero-order valence-electron chi connectivity index (χ0n) is 32.6. The molecule has 0 aliphatic carbocycles. The molecule has 0 bridgehead atoms. The Morgan fingerprint density at radius 3 is 2.29 bits per heavy atom. The monoisotopic (exact) mass is 729 g/mol. The van der Waals surface area contributed by atoms with Gasteiger partial charge in [0.1, 0.15) is 6.10 Å². The van der Waals surface area contributed by atoms with Crippen molar-refractivity contribution in [3.05, 3.63) is 0 Å². The van der Waals surface area contributed by atoms with Gasteiger partial charge >= 0.3 is 18.1 Å². The van der Waals surface area contributed by atoms with Crippen molar-refractivity contribution >= 4 is 24.0 Å². The van der Waals surface area contributed by atoms with E-state index in [4.69, 9.17) is 43.6 Å². The van der Waals surface area contributed by atoms with Crippen LogP contribution in [-0.2, 0) is 52.3 Å². The molecule has 3 saturated heterocycles. The molecule has 3 aliphatic rings. The van der Waals surface area contributed by atoms with Crippen molar-refractivity contribution in [1.82, 2.24) is 10.2 Å². The Morgan fingerprint density at radius 2 is 1.73 bits per heavy atom. The van der Waals surface area contributed by atoms with E-state index >= 15 is 0 Å². The van der Waals surface area contributed by atoms with Gasteiger partial charge in [-0.05, 0) is 80.9 Å². The number of cyclic esters (lactones) is 1. The number of carbonyl (C=O) groups is 4. The molecule has 0 aromatic carbocycles. The van der Waals surface area contributed by atoms with Crippen LogP contribution >= 0.6 is 0 Å². The number of nitrogens with zero attached hydrogens (tertiary/aromatic N) is 1. The molecule has 0 unspecified atom stereocenters. The minimum atomic E-state index is -1.39. The van der Waals surface area contributed by atoms with Crippen molar-refractivity contribution in [3.8, 4) is 0 Å². The summed E-state index contributed by atoms with van der Waals surface area (Å²) in [5.74, 6) is -3.48. The summed E-state index contributed by atoms with van der Waals surface area (Å²) in [6.07, 6.45) is -4.95. The number of amides is 1. The van der Waals surface area contributed by atoms with Crippen molar-refractivity contribution in [2.45, 2.75) is 154 Å². The zero-order chi connectivity index (χ0) is 38.4. The first kappa shape index (κ1) is 42.8. The molecule has 0 spiro atoms. The Balaban J connectivity index is 2.19. The third-order valence-electron chi connectivity index (χ3n) is 10.8. The van der Waals surface area contributed by atoms with Gasteiger partial charge in [-0.3, -0.25) is 14.4 Å². The zero-order valence-corrected chi connectivity index (χ0v) is 32.6. The summed E-state index contributed by atoms with van der Waals surface area (Å²) in [4.78, 5) is 54.9. The highest BCUT2D eigenvalue weighted by molar-refractivity contribution is 5.79. The van der Waals surface area contributed by atoms with Crippen LogP contribution in [0.4, 0.5) is 4.79 Å². The molecule has 14 atom stereocenters. The average Bonchev–Trinajstić information content (AvgIpc) is 3.38. The van der Waals surface area contributed by atoms with Gasteiger partial charge in [0, 0.05) is 32.5 Å². The highest BCUT2D eigenvalue weighted by Gasteiger charge is 2.58. The van der Waals surface area contributed by atoms with Gasteiger partial charge in [-0.25, -0.2) is 4.79 Å². The molecule has 3 aliphatic heterocycles. The van der Waals surface area contributed by atoms with Gasteiger partial charge in [0.25, 0.3) is 0 Å². The number of nitrogens with two attached hydrogens (primary N) is 1. The van der Waals surface area contributed by atoms with E-state index in [2.05, 4.69) is 5.32 Å². The Kier molecular flexibility index (Phi) is 15.1. The molecule has 0 aromatic heterocycles. The molecule has 0 saturated carbocycles. The molecule has 51 heavy (non-hydrogen) atoms. The number of fused-ring (bicyclic) bond motifs is 1. The van der Waals surface area contributed by atoms with Crippen molar-refractivity contribution in [2.75, 3.05) is 34.4 Å². The molecule has 1 amide bonds. The molecule has 0 radical (unpaired) electrons. The van der Waals surface area contributed by atoms with Gasteiger partial charge in [-0.1, -0.05) is 20.8 Å². The maximum atomic E-state index is 14.1. The number of esters is 2. The van der Waals surface area contributed by atoms with E-state index in [1.165, 1.54) is 14.0 Å². The molecule has 15 heteroatoms. The summed E-state index contributed by atoms with van der Waals surface area (Å²) >= 11 is 0. The van der Waals surface area contributed by atoms with E-state index in [-0.39, 0.29) is 31.1 Å². The van der Waals surface area contributed by atoms with Crippen LogP contribution in [0, 0.1) is 17.8 Å². The minimum absolute atomic E-state index is 0.166. The molecule has 3 N–H and O–H groups in total. The first-order chi connectivity index (χ1) is 23.8. The summed E-state index contributed by atoms with van der Waals surface area (Å²) in [6, 6.07) is -0.933. The smallest absolute Gasteiger partial charge is 0.458 e. The lowest BCUT2D eigenvalue weighted by molar-refractivity contribution is -0.304. The van der Waals surface area contributed by atoms with Gasteiger partial charge in [0.2, 0.25) is 5.91 Å². The predicted molar refractivity (Wildman–Crippen MR) is 185 cm³/mol. The van der Waals surface area contributed by atoms with Crippen molar-refractivity contribution < 1.29 is 57.1 Å². The summed E-state index contributed by atoms with van der Waals surface area (Å²) < 4.78 is 49.3. The molecular formula is C36H63N3O12. The van der Waals surface area contributed by atoms with Crippen LogP contribution in [0.5, 0.6) is 0 Å². The number of methoxy groups -OCH3 is 1. The van der Waals surface area contributed by atoms with Crippen LogP contribution in [0.25, 0.3) is 0 Å². The topological polar surface area (TPSA) is 183 Å². The summed E-state index contributed by atoms with van der Waals surface area (Å²) in [5.41, 5.74) is 3.26. The van der Waals surface area contributed by atoms with Crippen LogP contribution in [0.15, 0.2) is 0 Å². The summed E-state index contributed by atoms with van der Waals surface area (Å²) in [7, 11) is 5.35. The first-order valence-electron chi connectivity index (χ1n) is 18.2. The van der Waals surface area contributed by atoms with E-state index in [0.717, 1.165) is 0 Å². The second-order valence-electron chi connectivity index (χ2n) is 15.2. The molecular weight excluding hydrogens is 666 g/mol. The van der Waals surface area contributed by atoms with Gasteiger partial charge < -0.3 is 53.8 Å². The number of nitrogens with one attached hydrogen (secondary N) is 1. The largest absolute Gasteiger partial charge is 0.509 e. The van der Waals surface area contributed by atoms with Crippen molar-refractivity contribution in [2.24, 2.45) is 23.5 Å². The molecule has 3 fully saturated rings. The highest BCUT2D eigenvalue weighted by Crippen LogP contribution is 2.40. The van der Waals surface area contributed by atoms with Crippen molar-refractivity contribution in [1.29, 1.82) is 0 Å². The minimum Gasteiger partial charge on any atom is -0.458 e. The second kappa shape index (κ2) is 18.0. The molecule has 0 aromatic rings. The van der Waals surface area contributed by atoms with E-state index in [1.54, 1.807) is 27.7 Å². The lowest BCUT2D eigenvalue weighted by Gasteiger charge is -2.48. The fourth-order valence-corrected chi connectivity index (χ4v) is 7.93. The van der Waals surface area contributed by atoms with Crippen LogP contribution in [-0.4, -0.2) is 129 Å². The maximum absolute atomic E-state index is 14.1. The number of hydrogen-bond donors (Lipinski definition) is 2. The fraction of sp³-hybridized carbons (Fsp3) is 0.889. The summed E-state index contributed by atoms with van der Waals surface area (Å²) in [5, 5.41) is 2.99. The Bertz CT molecular complexity index is 1210. The number of rotatable bonds is 10. The number of carbonyl (C=O) groups excluding carboxylic acids is 4. The number of hydrogen-bond acceptors (Lipinski definition) is 14. The van der Waals surface area contributed by atoms with E-state index < -0.39 is 89.9 Å². The van der Waals surface area contributed by atoms with Gasteiger partial charge in [0.05, 0.1) is 41.9 Å². The van der Waals surface area contributed by atoms with Gasteiger partial charge in [-0.15, -0.1) is 0 Å². The van der Waals surface area contributed by atoms with Crippen molar-refractivity contribution in [3.63, 3.8) is 0 Å². The lowest BCUT2D eigenvalue weighted by Crippen LogP contribution is -2.60. The highest BCUT2D eigenvalue weighted by atomic mass is 16.8. The normalized spacial score (nSPS) is 41.3. The van der Waals surface area contributed by atoms with Crippen LogP contribution in [0.2, 0.25) is 0 Å². The lowest BCUT2D eigenvalue weighted by atomic mass is 9.77. The quantitative estimate of drug-likeness (QED) is 0.190. The average molecular weight is 730 g/mol. The van der Waals surface area contributed by atoms with Gasteiger partial charge in [0.15, 0.2) is 24.1 Å². The van der Waals surface area contributed by atoms with E-state index in [9.17, 15) is 19.2 Å². The first-order valence-corrected chi connectivity index (χ1v) is 18.2. The third kappa shape index (κ3) is 9.91. The Hall–Kier alpha value is -2.56. The third-order valence-corrected chi connectivity index (χ3v) is 10.8. The standard InChI is InChI=1S/C36H63N3O12/c1-13-26-36(9)30(50-34(43)51-36)23(6)38-31(41)19(2)18-35(8,44-12)29(21(4)27(45-16-14-15-37)22(5)32(42)48-26)49-33-28(47-24(7)40)25(39(10)11)17-20(3)46-33/h19-23,25-30,33H,13-18,37H2,1-12H3,(H,38,41)/t19-,20-,21+,22-,23-,25+,26-,27+,28+,29-,30-,33+,35-,36-/m1/s1. The SMILES string of the molecule is CC[C@H]1OC(=O)[C@H](C)[C@@H](OCCCN)[C@H](C)[C@@H](O[C@@H]2O[C@H](C)C[C@H](N(C)C)[C@@H]2OC(C)=O)[C@](C)(OC)C[C@@H](C)C(=O)N[C@H](C)[C@H]2OC(=O)O[C@@]21C. The summed E-state index contributed by atoms with van der Waals surface area (Å²) in [6.45, 7) is 16.3. The van der Waals surface area contributed by atoms with E-state index in [1.807, 2.05) is 46.7 Å². The van der Waals surface area contributed by atoms with Crippen LogP contribution < -0.4 is 11.1 Å². The second-order valence-corrected chi connectivity index (χ2v) is 15.2. The Morgan fingerprint density at radius 1 is 1.06 bits per heavy atom. The van der Waals surface area contributed by atoms with Gasteiger partial charge in [-0.2, -0.15) is 0 Å².